The van der Waals surface area contributed by atoms with Crippen LogP contribution >= 0.6 is 0 Å². The molecule has 94 valence electrons. The van der Waals surface area contributed by atoms with Crippen molar-refractivity contribution in [3.05, 3.63) is 24.0 Å². The molecule has 2 heterocycles. The third-order valence-corrected chi connectivity index (χ3v) is 3.25. The van der Waals surface area contributed by atoms with Gasteiger partial charge in [-0.05, 0) is 45.6 Å². The van der Waals surface area contributed by atoms with E-state index in [1.807, 2.05) is 6.07 Å². The lowest BCUT2D eigenvalue weighted by Gasteiger charge is -2.26. The Morgan fingerprint density at radius 1 is 1.47 bits per heavy atom. The van der Waals surface area contributed by atoms with Crippen LogP contribution in [0.4, 0.5) is 0 Å². The molecule has 1 aromatic rings. The van der Waals surface area contributed by atoms with Crippen molar-refractivity contribution < 1.29 is 5.11 Å². The average molecular weight is 235 g/mol. The Bertz CT molecular complexity index is 350. The number of aromatic nitrogens is 1. The minimum absolute atomic E-state index is 0.236. The first kappa shape index (κ1) is 12.3. The molecule has 1 aliphatic rings. The first-order valence-corrected chi connectivity index (χ1v) is 6.18. The lowest BCUT2D eigenvalue weighted by atomic mass is 10.2. The molecule has 0 radical (unpaired) electrons. The predicted molar refractivity (Wildman–Crippen MR) is 67.9 cm³/mol. The second-order valence-corrected chi connectivity index (χ2v) is 5.04. The molecule has 0 aromatic carbocycles. The van der Waals surface area contributed by atoms with Crippen molar-refractivity contribution >= 4 is 0 Å². The molecule has 2 rings (SSSR count). The molecule has 0 amide bonds. The SMILES string of the molecule is CN(C)CC1CCCN1Cc1ccc(O)cn1. The molecule has 1 N–H and O–H groups in total. The monoisotopic (exact) mass is 235 g/mol. The van der Waals surface area contributed by atoms with Gasteiger partial charge in [0, 0.05) is 19.1 Å². The minimum atomic E-state index is 0.236. The highest BCUT2D eigenvalue weighted by molar-refractivity contribution is 5.18. The van der Waals surface area contributed by atoms with Crippen molar-refractivity contribution in [3.63, 3.8) is 0 Å². The van der Waals surface area contributed by atoms with E-state index in [-0.39, 0.29) is 5.75 Å². The molecule has 1 fully saturated rings. The van der Waals surface area contributed by atoms with Crippen LogP contribution in [-0.4, -0.2) is 53.1 Å². The van der Waals surface area contributed by atoms with Gasteiger partial charge in [0.15, 0.2) is 0 Å². The van der Waals surface area contributed by atoms with Gasteiger partial charge in [-0.15, -0.1) is 0 Å². The quantitative estimate of drug-likeness (QED) is 0.854. The number of likely N-dealkylation sites (N-methyl/N-ethyl adjacent to an activating group) is 1. The molecule has 4 nitrogen and oxygen atoms in total. The zero-order valence-electron chi connectivity index (χ0n) is 10.6. The predicted octanol–water partition coefficient (Wildman–Crippen LogP) is 1.31. The Kier molecular flexibility index (Phi) is 3.97. The Morgan fingerprint density at radius 2 is 2.29 bits per heavy atom. The van der Waals surface area contributed by atoms with Gasteiger partial charge in [0.25, 0.3) is 0 Å². The van der Waals surface area contributed by atoms with Gasteiger partial charge >= 0.3 is 0 Å². The lowest BCUT2D eigenvalue weighted by molar-refractivity contribution is 0.199. The van der Waals surface area contributed by atoms with Crippen molar-refractivity contribution in [1.29, 1.82) is 0 Å². The Hall–Kier alpha value is -1.13. The molecule has 0 saturated carbocycles. The molecule has 1 atom stereocenters. The Labute approximate surface area is 103 Å². The summed E-state index contributed by atoms with van der Waals surface area (Å²) >= 11 is 0. The van der Waals surface area contributed by atoms with Crippen LogP contribution in [0.5, 0.6) is 5.75 Å². The summed E-state index contributed by atoms with van der Waals surface area (Å²) in [5, 5.41) is 9.21. The average Bonchev–Trinajstić information content (AvgIpc) is 2.68. The molecule has 1 unspecified atom stereocenters. The molecule has 1 saturated heterocycles. The van der Waals surface area contributed by atoms with Crippen molar-refractivity contribution in [3.8, 4) is 5.75 Å². The molecule has 17 heavy (non-hydrogen) atoms. The highest BCUT2D eigenvalue weighted by Crippen LogP contribution is 2.20. The summed E-state index contributed by atoms with van der Waals surface area (Å²) in [5.74, 6) is 0.236. The summed E-state index contributed by atoms with van der Waals surface area (Å²) in [5.41, 5.74) is 1.04. The number of nitrogens with zero attached hydrogens (tertiary/aromatic N) is 3. The summed E-state index contributed by atoms with van der Waals surface area (Å²) in [6.45, 7) is 3.15. The van der Waals surface area contributed by atoms with Gasteiger partial charge in [-0.25, -0.2) is 0 Å². The van der Waals surface area contributed by atoms with E-state index in [0.29, 0.717) is 6.04 Å². The number of aromatic hydroxyl groups is 1. The van der Waals surface area contributed by atoms with E-state index < -0.39 is 0 Å². The number of rotatable bonds is 4. The number of pyridine rings is 1. The summed E-state index contributed by atoms with van der Waals surface area (Å²) in [6.07, 6.45) is 4.07. The first-order chi connectivity index (χ1) is 8.15. The van der Waals surface area contributed by atoms with E-state index >= 15 is 0 Å². The number of likely N-dealkylation sites (tertiary alicyclic amines) is 1. The molecule has 0 spiro atoms. The minimum Gasteiger partial charge on any atom is -0.506 e. The fourth-order valence-electron chi connectivity index (χ4n) is 2.45. The normalized spacial score (nSPS) is 21.2. The molecule has 4 heteroatoms. The van der Waals surface area contributed by atoms with E-state index in [2.05, 4.69) is 28.9 Å². The Morgan fingerprint density at radius 3 is 2.94 bits per heavy atom. The van der Waals surface area contributed by atoms with Crippen molar-refractivity contribution in [2.75, 3.05) is 27.2 Å². The third kappa shape index (κ3) is 3.41. The standard InChI is InChI=1S/C13H21N3O/c1-15(2)10-12-4-3-7-16(12)9-11-5-6-13(17)8-14-11/h5-6,8,12,17H,3-4,7,9-10H2,1-2H3. The highest BCUT2D eigenvalue weighted by atomic mass is 16.3. The smallest absolute Gasteiger partial charge is 0.133 e. The van der Waals surface area contributed by atoms with Gasteiger partial charge in [0.2, 0.25) is 0 Å². The zero-order valence-corrected chi connectivity index (χ0v) is 10.6. The maximum absolute atomic E-state index is 9.21. The first-order valence-electron chi connectivity index (χ1n) is 6.18. The van der Waals surface area contributed by atoms with Crippen molar-refractivity contribution in [2.45, 2.75) is 25.4 Å². The van der Waals surface area contributed by atoms with Crippen LogP contribution in [0.1, 0.15) is 18.5 Å². The highest BCUT2D eigenvalue weighted by Gasteiger charge is 2.24. The van der Waals surface area contributed by atoms with Gasteiger partial charge in [0.1, 0.15) is 5.75 Å². The maximum atomic E-state index is 9.21. The van der Waals surface area contributed by atoms with Crippen LogP contribution < -0.4 is 0 Å². The van der Waals surface area contributed by atoms with Crippen LogP contribution in [0.2, 0.25) is 0 Å². The summed E-state index contributed by atoms with van der Waals surface area (Å²) < 4.78 is 0. The fourth-order valence-corrected chi connectivity index (χ4v) is 2.45. The van der Waals surface area contributed by atoms with Crippen LogP contribution in [0, 0.1) is 0 Å². The van der Waals surface area contributed by atoms with Crippen LogP contribution in [0.3, 0.4) is 0 Å². The van der Waals surface area contributed by atoms with Crippen LogP contribution in [-0.2, 0) is 6.54 Å². The summed E-state index contributed by atoms with van der Waals surface area (Å²) in [6, 6.07) is 4.25. The van der Waals surface area contributed by atoms with E-state index in [9.17, 15) is 5.11 Å². The number of hydrogen-bond donors (Lipinski definition) is 1. The van der Waals surface area contributed by atoms with Gasteiger partial charge < -0.3 is 10.0 Å². The van der Waals surface area contributed by atoms with Crippen molar-refractivity contribution in [1.82, 2.24) is 14.8 Å². The molecular formula is C13H21N3O. The van der Waals surface area contributed by atoms with E-state index in [4.69, 9.17) is 0 Å². The topological polar surface area (TPSA) is 39.6 Å². The molecule has 0 aliphatic carbocycles. The lowest BCUT2D eigenvalue weighted by Crippen LogP contribution is -2.37. The van der Waals surface area contributed by atoms with E-state index in [1.54, 1.807) is 6.07 Å². The van der Waals surface area contributed by atoms with Gasteiger partial charge in [0.05, 0.1) is 11.9 Å². The largest absolute Gasteiger partial charge is 0.506 e. The second kappa shape index (κ2) is 5.47. The molecule has 1 aromatic heterocycles. The summed E-state index contributed by atoms with van der Waals surface area (Å²) in [7, 11) is 4.24. The van der Waals surface area contributed by atoms with E-state index in [0.717, 1.165) is 25.3 Å². The number of hydrogen-bond acceptors (Lipinski definition) is 4. The Balaban J connectivity index is 1.95. The van der Waals surface area contributed by atoms with E-state index in [1.165, 1.54) is 19.0 Å². The van der Waals surface area contributed by atoms with Crippen LogP contribution in [0.15, 0.2) is 18.3 Å². The van der Waals surface area contributed by atoms with Gasteiger partial charge in [-0.3, -0.25) is 9.88 Å². The fraction of sp³-hybridized carbons (Fsp3) is 0.615. The molecule has 0 bridgehead atoms. The second-order valence-electron chi connectivity index (χ2n) is 5.04. The van der Waals surface area contributed by atoms with Gasteiger partial charge in [-0.1, -0.05) is 0 Å². The zero-order chi connectivity index (χ0) is 12.3. The van der Waals surface area contributed by atoms with Crippen molar-refractivity contribution in [2.24, 2.45) is 0 Å². The van der Waals surface area contributed by atoms with Crippen LogP contribution in [0.25, 0.3) is 0 Å². The molecule has 1 aliphatic heterocycles. The summed E-state index contributed by atoms with van der Waals surface area (Å²) in [4.78, 5) is 8.98. The van der Waals surface area contributed by atoms with Gasteiger partial charge in [-0.2, -0.15) is 0 Å². The third-order valence-electron chi connectivity index (χ3n) is 3.25. The molecular weight excluding hydrogens is 214 g/mol. The maximum Gasteiger partial charge on any atom is 0.133 e.